The molecule has 2 aromatic heterocycles. The molecule has 2 aromatic carbocycles. The summed E-state index contributed by atoms with van der Waals surface area (Å²) in [5.41, 5.74) is 3.75. The lowest BCUT2D eigenvalue weighted by Crippen LogP contribution is -2.29. The molecule has 2 heterocycles. The minimum absolute atomic E-state index is 0.0907. The first-order valence-electron chi connectivity index (χ1n) is 13.7. The summed E-state index contributed by atoms with van der Waals surface area (Å²) in [6.45, 7) is 7.84. The molecule has 0 spiro atoms. The average Bonchev–Trinajstić information content (AvgIpc) is 3.61. The zero-order valence-corrected chi connectivity index (χ0v) is 25.7. The smallest absolute Gasteiger partial charge is 0.354 e. The van der Waals surface area contributed by atoms with Crippen LogP contribution in [0.15, 0.2) is 48.7 Å². The molecule has 0 unspecified atom stereocenters. The van der Waals surface area contributed by atoms with Crippen LogP contribution in [0.5, 0.6) is 5.75 Å². The number of carboxylic acids is 1. The van der Waals surface area contributed by atoms with E-state index in [1.54, 1.807) is 18.2 Å². The standard InChI is InChI=1S/C23H24N4O5.C8H9ClFNO/c1-12-13-7-8-16(15(13)6-5-14(12)22(31)32-23(2,3)4)26-20(28)18-11-17(21(29)30)25-19-9-10-24-27(18)19;1-12-8-4-6(5-11-9)2-3-7(8)10/h5-6,9-11,16H,7-8H2,1-4H3,(H,26,28)(H,29,30);2-4,11H,5H2,1H3/t16-;/m0./s1. The molecule has 0 radical (unpaired) electrons. The van der Waals surface area contributed by atoms with Crippen LogP contribution in [0.2, 0.25) is 0 Å². The number of aromatic carboxylic acids is 1. The number of fused-ring (bicyclic) bond motifs is 2. The molecule has 0 bridgehead atoms. The number of carbonyl (C=O) groups excluding carboxylic acids is 2. The van der Waals surface area contributed by atoms with E-state index in [1.807, 2.05) is 33.8 Å². The maximum atomic E-state index is 13.0. The van der Waals surface area contributed by atoms with E-state index in [1.165, 1.54) is 36.0 Å². The van der Waals surface area contributed by atoms with Crippen LogP contribution >= 0.6 is 11.8 Å². The van der Waals surface area contributed by atoms with Gasteiger partial charge >= 0.3 is 11.9 Å². The number of ether oxygens (including phenoxy) is 2. The molecule has 1 amide bonds. The Hall–Kier alpha value is -4.55. The van der Waals surface area contributed by atoms with E-state index in [9.17, 15) is 23.9 Å². The molecule has 5 rings (SSSR count). The van der Waals surface area contributed by atoms with E-state index in [4.69, 9.17) is 21.3 Å². The summed E-state index contributed by atoms with van der Waals surface area (Å²) in [7, 11) is 1.43. The van der Waals surface area contributed by atoms with Crippen LogP contribution in [0.1, 0.15) is 86.8 Å². The SMILES string of the molecule is COc1cc(CNCl)ccc1F.Cc1c(C(=O)OC(C)(C)C)ccc2c1CC[C@@H]2NC(=O)c1cc(C(=O)O)nc2ccnn12. The average molecular weight is 626 g/mol. The summed E-state index contributed by atoms with van der Waals surface area (Å²) in [5.74, 6) is -2.17. The van der Waals surface area contributed by atoms with Gasteiger partial charge in [-0.2, -0.15) is 5.10 Å². The van der Waals surface area contributed by atoms with Crippen LogP contribution in [-0.2, 0) is 17.7 Å². The minimum Gasteiger partial charge on any atom is -0.494 e. The quantitative estimate of drug-likeness (QED) is 0.187. The summed E-state index contributed by atoms with van der Waals surface area (Å²) in [6.07, 6.45) is 2.83. The lowest BCUT2D eigenvalue weighted by Gasteiger charge is -2.21. The number of amides is 1. The lowest BCUT2D eigenvalue weighted by molar-refractivity contribution is 0.00682. The Morgan fingerprint density at radius 2 is 1.91 bits per heavy atom. The fourth-order valence-corrected chi connectivity index (χ4v) is 5.05. The van der Waals surface area contributed by atoms with Crippen molar-refractivity contribution in [1.29, 1.82) is 0 Å². The van der Waals surface area contributed by atoms with Crippen molar-refractivity contribution in [2.75, 3.05) is 7.11 Å². The normalized spacial score (nSPS) is 13.9. The van der Waals surface area contributed by atoms with Crippen molar-refractivity contribution < 1.29 is 33.4 Å². The van der Waals surface area contributed by atoms with Gasteiger partial charge in [0.05, 0.1) is 24.9 Å². The Morgan fingerprint density at radius 3 is 2.57 bits per heavy atom. The lowest BCUT2D eigenvalue weighted by atomic mass is 9.97. The highest BCUT2D eigenvalue weighted by molar-refractivity contribution is 6.13. The highest BCUT2D eigenvalue weighted by Crippen LogP contribution is 2.35. The third-order valence-corrected chi connectivity index (χ3v) is 7.05. The number of methoxy groups -OCH3 is 1. The Labute approximate surface area is 258 Å². The number of rotatable bonds is 7. The third kappa shape index (κ3) is 7.32. The van der Waals surface area contributed by atoms with Gasteiger partial charge in [0.2, 0.25) is 0 Å². The Morgan fingerprint density at radius 1 is 1.16 bits per heavy atom. The van der Waals surface area contributed by atoms with Gasteiger partial charge in [0.15, 0.2) is 22.9 Å². The molecule has 1 aliphatic rings. The van der Waals surface area contributed by atoms with Gasteiger partial charge in [-0.1, -0.05) is 12.1 Å². The van der Waals surface area contributed by atoms with Crippen molar-refractivity contribution in [3.05, 3.63) is 93.7 Å². The largest absolute Gasteiger partial charge is 0.494 e. The van der Waals surface area contributed by atoms with Gasteiger partial charge in [0.25, 0.3) is 5.91 Å². The first kappa shape index (κ1) is 32.4. The van der Waals surface area contributed by atoms with Gasteiger partial charge in [-0.15, -0.1) is 0 Å². The van der Waals surface area contributed by atoms with Crippen LogP contribution < -0.4 is 14.9 Å². The summed E-state index contributed by atoms with van der Waals surface area (Å²) in [6, 6.07) is 10.7. The number of benzene rings is 2. The third-order valence-electron chi connectivity index (χ3n) is 6.91. The Balaban J connectivity index is 0.000000309. The second-order valence-corrected chi connectivity index (χ2v) is 11.4. The topological polar surface area (TPSA) is 144 Å². The first-order valence-corrected chi connectivity index (χ1v) is 14.1. The minimum atomic E-state index is -1.22. The Kier molecular flexibility index (Phi) is 9.85. The molecule has 44 heavy (non-hydrogen) atoms. The van der Waals surface area contributed by atoms with E-state index in [2.05, 4.69) is 20.2 Å². The molecule has 0 saturated carbocycles. The summed E-state index contributed by atoms with van der Waals surface area (Å²) in [4.78, 5) is 43.4. The number of carboxylic acid groups (broad SMARTS) is 1. The predicted octanol–water partition coefficient (Wildman–Crippen LogP) is 5.19. The molecular weight excluding hydrogens is 593 g/mol. The number of hydrogen-bond donors (Lipinski definition) is 3. The van der Waals surface area contributed by atoms with Crippen LogP contribution in [-0.4, -0.2) is 50.3 Å². The summed E-state index contributed by atoms with van der Waals surface area (Å²) >= 11 is 5.29. The Bertz CT molecular complexity index is 1720. The molecule has 1 atom stereocenters. The van der Waals surface area contributed by atoms with E-state index in [-0.39, 0.29) is 40.6 Å². The highest BCUT2D eigenvalue weighted by atomic mass is 35.5. The second-order valence-electron chi connectivity index (χ2n) is 11.1. The van der Waals surface area contributed by atoms with E-state index in [0.717, 1.165) is 22.3 Å². The molecule has 4 aromatic rings. The van der Waals surface area contributed by atoms with Crippen molar-refractivity contribution in [1.82, 2.24) is 24.8 Å². The molecule has 3 N–H and O–H groups in total. The van der Waals surface area contributed by atoms with Crippen molar-refractivity contribution >= 4 is 35.3 Å². The summed E-state index contributed by atoms with van der Waals surface area (Å²) < 4.78 is 24.4. The summed E-state index contributed by atoms with van der Waals surface area (Å²) in [5, 5.41) is 16.4. The zero-order chi connectivity index (χ0) is 32.2. The molecule has 0 fully saturated rings. The van der Waals surface area contributed by atoms with Crippen molar-refractivity contribution in [3.63, 3.8) is 0 Å². The number of hydrogen-bond acceptors (Lipinski definition) is 8. The van der Waals surface area contributed by atoms with Crippen molar-refractivity contribution in [2.45, 2.75) is 58.7 Å². The first-order chi connectivity index (χ1) is 20.8. The van der Waals surface area contributed by atoms with Gasteiger partial charge in [0.1, 0.15) is 11.3 Å². The number of halogens is 2. The van der Waals surface area contributed by atoms with Gasteiger partial charge in [-0.05, 0) is 92.8 Å². The van der Waals surface area contributed by atoms with Crippen molar-refractivity contribution in [2.24, 2.45) is 0 Å². The molecular formula is C31H33ClFN5O6. The number of aromatic nitrogens is 3. The molecule has 0 saturated heterocycles. The van der Waals surface area contributed by atoms with Crippen LogP contribution in [0.4, 0.5) is 4.39 Å². The van der Waals surface area contributed by atoms with Crippen LogP contribution in [0.3, 0.4) is 0 Å². The molecule has 11 nitrogen and oxygen atoms in total. The van der Waals surface area contributed by atoms with Crippen molar-refractivity contribution in [3.8, 4) is 5.75 Å². The fourth-order valence-electron chi connectivity index (χ4n) is 4.89. The van der Waals surface area contributed by atoms with Crippen LogP contribution in [0, 0.1) is 12.7 Å². The fraction of sp³-hybridized carbons (Fsp3) is 0.323. The maximum Gasteiger partial charge on any atom is 0.354 e. The molecule has 1 aliphatic carbocycles. The predicted molar refractivity (Wildman–Crippen MR) is 160 cm³/mol. The molecule has 232 valence electrons. The molecule has 0 aliphatic heterocycles. The number of carbonyl (C=O) groups is 3. The van der Waals surface area contributed by atoms with Gasteiger partial charge in [0, 0.05) is 18.7 Å². The van der Waals surface area contributed by atoms with E-state index in [0.29, 0.717) is 24.9 Å². The maximum absolute atomic E-state index is 13.0. The van der Waals surface area contributed by atoms with Gasteiger partial charge in [-0.25, -0.2) is 28.3 Å². The molecule has 13 heteroatoms. The van der Waals surface area contributed by atoms with E-state index >= 15 is 0 Å². The number of nitrogens with zero attached hydrogens (tertiary/aromatic N) is 3. The highest BCUT2D eigenvalue weighted by Gasteiger charge is 2.30. The van der Waals surface area contributed by atoms with Gasteiger partial charge < -0.3 is 19.9 Å². The zero-order valence-electron chi connectivity index (χ0n) is 24.9. The van der Waals surface area contributed by atoms with Crippen LogP contribution in [0.25, 0.3) is 5.65 Å². The monoisotopic (exact) mass is 625 g/mol. The van der Waals surface area contributed by atoms with E-state index < -0.39 is 17.5 Å². The van der Waals surface area contributed by atoms with Gasteiger partial charge in [-0.3, -0.25) is 4.79 Å². The number of nitrogens with one attached hydrogen (secondary N) is 2. The second kappa shape index (κ2) is 13.4. The number of esters is 1.